The van der Waals surface area contributed by atoms with Gasteiger partial charge in [0.15, 0.2) is 11.5 Å². The smallest absolute Gasteiger partial charge is 0.225 e. The molecule has 4 nitrogen and oxygen atoms in total. The third-order valence-electron chi connectivity index (χ3n) is 2.14. The molecule has 0 N–H and O–H groups in total. The zero-order valence-electron chi connectivity index (χ0n) is 9.48. The predicted octanol–water partition coefficient (Wildman–Crippen LogP) is 2.73. The molecule has 0 bridgehead atoms. The molecule has 0 aliphatic rings. The Labute approximate surface area is 98.1 Å². The van der Waals surface area contributed by atoms with Crippen molar-refractivity contribution in [2.45, 2.75) is 6.92 Å². The van der Waals surface area contributed by atoms with E-state index in [1.54, 1.807) is 13.2 Å². The van der Waals surface area contributed by atoms with E-state index in [-0.39, 0.29) is 5.88 Å². The van der Waals surface area contributed by atoms with Gasteiger partial charge in [0.2, 0.25) is 11.8 Å². The van der Waals surface area contributed by atoms with Crippen LogP contribution in [-0.2, 0) is 0 Å². The lowest BCUT2D eigenvalue weighted by Crippen LogP contribution is -1.94. The highest BCUT2D eigenvalue weighted by molar-refractivity contribution is 5.44. The van der Waals surface area contributed by atoms with E-state index in [4.69, 9.17) is 9.47 Å². The van der Waals surface area contributed by atoms with Crippen LogP contribution in [0.3, 0.4) is 0 Å². The van der Waals surface area contributed by atoms with Crippen LogP contribution in [0.4, 0.5) is 4.39 Å². The van der Waals surface area contributed by atoms with Gasteiger partial charge in [-0.2, -0.15) is 4.39 Å². The summed E-state index contributed by atoms with van der Waals surface area (Å²) in [4.78, 5) is 7.15. The Kier molecular flexibility index (Phi) is 3.18. The van der Waals surface area contributed by atoms with Crippen LogP contribution in [0.1, 0.15) is 5.56 Å². The number of rotatable bonds is 3. The molecule has 0 atom stereocenters. The van der Waals surface area contributed by atoms with Gasteiger partial charge in [-0.05, 0) is 24.6 Å². The number of nitrogens with zero attached hydrogens (tertiary/aromatic N) is 2. The number of ether oxygens (including phenoxy) is 2. The molecule has 17 heavy (non-hydrogen) atoms. The maximum atomic E-state index is 12.9. The first-order chi connectivity index (χ1) is 8.19. The Morgan fingerprint density at radius 1 is 1.12 bits per heavy atom. The molecule has 0 fully saturated rings. The zero-order chi connectivity index (χ0) is 12.3. The van der Waals surface area contributed by atoms with Gasteiger partial charge in [0, 0.05) is 0 Å². The molecule has 5 heteroatoms. The van der Waals surface area contributed by atoms with Gasteiger partial charge in [-0.15, -0.1) is 0 Å². The van der Waals surface area contributed by atoms with E-state index in [0.717, 1.165) is 18.0 Å². The lowest BCUT2D eigenvalue weighted by atomic mass is 10.2. The standard InChI is InChI=1S/C12H11FN2O2/c1-8-3-4-9(10(5-8)16-2)17-12-6-11(13)14-7-15-12/h3-7H,1-2H3. The fourth-order valence-electron chi connectivity index (χ4n) is 1.34. The average molecular weight is 234 g/mol. The van der Waals surface area contributed by atoms with Crippen molar-refractivity contribution in [3.8, 4) is 17.4 Å². The van der Waals surface area contributed by atoms with E-state index in [1.807, 2.05) is 19.1 Å². The quantitative estimate of drug-likeness (QED) is 0.766. The van der Waals surface area contributed by atoms with Gasteiger partial charge >= 0.3 is 0 Å². The van der Waals surface area contributed by atoms with E-state index in [0.29, 0.717) is 11.5 Å². The maximum Gasteiger partial charge on any atom is 0.225 e. The Morgan fingerprint density at radius 2 is 1.94 bits per heavy atom. The minimum Gasteiger partial charge on any atom is -0.493 e. The maximum absolute atomic E-state index is 12.9. The summed E-state index contributed by atoms with van der Waals surface area (Å²) in [6, 6.07) is 6.55. The largest absolute Gasteiger partial charge is 0.493 e. The number of halogens is 1. The molecule has 1 aromatic carbocycles. The van der Waals surface area contributed by atoms with Crippen LogP contribution in [0.5, 0.6) is 17.4 Å². The summed E-state index contributed by atoms with van der Waals surface area (Å²) in [5.41, 5.74) is 1.04. The number of aryl methyl sites for hydroxylation is 1. The molecular formula is C12H11FN2O2. The number of benzene rings is 1. The molecule has 88 valence electrons. The Bertz CT molecular complexity index is 532. The van der Waals surface area contributed by atoms with Crippen molar-refractivity contribution >= 4 is 0 Å². The first-order valence-corrected chi connectivity index (χ1v) is 4.99. The topological polar surface area (TPSA) is 44.2 Å². The highest BCUT2D eigenvalue weighted by Gasteiger charge is 2.07. The van der Waals surface area contributed by atoms with E-state index in [9.17, 15) is 4.39 Å². The summed E-state index contributed by atoms with van der Waals surface area (Å²) in [7, 11) is 1.54. The lowest BCUT2D eigenvalue weighted by molar-refractivity contribution is 0.372. The van der Waals surface area contributed by atoms with E-state index in [2.05, 4.69) is 9.97 Å². The van der Waals surface area contributed by atoms with E-state index < -0.39 is 5.95 Å². The molecule has 0 unspecified atom stereocenters. The monoisotopic (exact) mass is 234 g/mol. The SMILES string of the molecule is COc1cc(C)ccc1Oc1cc(F)ncn1. The fourth-order valence-corrected chi connectivity index (χ4v) is 1.34. The predicted molar refractivity (Wildman–Crippen MR) is 59.8 cm³/mol. The minimum atomic E-state index is -0.638. The van der Waals surface area contributed by atoms with Crippen LogP contribution < -0.4 is 9.47 Å². The summed E-state index contributed by atoms with van der Waals surface area (Å²) in [5, 5.41) is 0. The first kappa shape index (κ1) is 11.3. The van der Waals surface area contributed by atoms with Gasteiger partial charge in [-0.25, -0.2) is 9.97 Å². The Hall–Kier alpha value is -2.17. The molecule has 1 aromatic heterocycles. The molecule has 0 amide bonds. The van der Waals surface area contributed by atoms with Crippen molar-refractivity contribution in [1.29, 1.82) is 0 Å². The molecule has 2 aromatic rings. The normalized spacial score (nSPS) is 10.1. The summed E-state index contributed by atoms with van der Waals surface area (Å²) < 4.78 is 23.4. The second-order valence-corrected chi connectivity index (χ2v) is 3.44. The fraction of sp³-hybridized carbons (Fsp3) is 0.167. The third-order valence-corrected chi connectivity index (χ3v) is 2.14. The minimum absolute atomic E-state index is 0.139. The average Bonchev–Trinajstić information content (AvgIpc) is 2.31. The van der Waals surface area contributed by atoms with E-state index >= 15 is 0 Å². The molecule has 0 saturated carbocycles. The first-order valence-electron chi connectivity index (χ1n) is 4.99. The second kappa shape index (κ2) is 4.78. The van der Waals surface area contributed by atoms with Crippen LogP contribution >= 0.6 is 0 Å². The summed E-state index contributed by atoms with van der Waals surface area (Å²) in [5.74, 6) is 0.556. The van der Waals surface area contributed by atoms with Crippen LogP contribution in [0.25, 0.3) is 0 Å². The number of hydrogen-bond donors (Lipinski definition) is 0. The van der Waals surface area contributed by atoms with Crippen LogP contribution in [0.2, 0.25) is 0 Å². The third kappa shape index (κ3) is 2.69. The highest BCUT2D eigenvalue weighted by Crippen LogP contribution is 2.31. The molecule has 0 aliphatic carbocycles. The van der Waals surface area contributed by atoms with Crippen molar-refractivity contribution < 1.29 is 13.9 Å². The Morgan fingerprint density at radius 3 is 2.65 bits per heavy atom. The van der Waals surface area contributed by atoms with Crippen molar-refractivity contribution in [2.24, 2.45) is 0 Å². The molecule has 0 aliphatic heterocycles. The van der Waals surface area contributed by atoms with Gasteiger partial charge in [0.1, 0.15) is 6.33 Å². The van der Waals surface area contributed by atoms with E-state index in [1.165, 1.54) is 0 Å². The van der Waals surface area contributed by atoms with Crippen molar-refractivity contribution in [3.05, 3.63) is 42.1 Å². The number of hydrogen-bond acceptors (Lipinski definition) is 4. The van der Waals surface area contributed by atoms with Crippen LogP contribution in [0, 0.1) is 12.9 Å². The molecule has 0 radical (unpaired) electrons. The van der Waals surface area contributed by atoms with Crippen molar-refractivity contribution in [3.63, 3.8) is 0 Å². The highest BCUT2D eigenvalue weighted by atomic mass is 19.1. The molecule has 0 saturated heterocycles. The number of methoxy groups -OCH3 is 1. The summed E-state index contributed by atoms with van der Waals surface area (Å²) in [6.45, 7) is 1.94. The van der Waals surface area contributed by atoms with Gasteiger partial charge < -0.3 is 9.47 Å². The van der Waals surface area contributed by atoms with Gasteiger partial charge in [-0.3, -0.25) is 0 Å². The van der Waals surface area contributed by atoms with Crippen LogP contribution in [-0.4, -0.2) is 17.1 Å². The van der Waals surface area contributed by atoms with Crippen molar-refractivity contribution in [1.82, 2.24) is 9.97 Å². The number of aromatic nitrogens is 2. The zero-order valence-corrected chi connectivity index (χ0v) is 9.48. The molecule has 0 spiro atoms. The van der Waals surface area contributed by atoms with Gasteiger partial charge in [0.25, 0.3) is 0 Å². The Balaban J connectivity index is 2.29. The molecule has 1 heterocycles. The summed E-state index contributed by atoms with van der Waals surface area (Å²) in [6.07, 6.45) is 1.10. The molecular weight excluding hydrogens is 223 g/mol. The lowest BCUT2D eigenvalue weighted by Gasteiger charge is -2.09. The van der Waals surface area contributed by atoms with Gasteiger partial charge in [-0.1, -0.05) is 6.07 Å². The van der Waals surface area contributed by atoms with Gasteiger partial charge in [0.05, 0.1) is 13.2 Å². The summed E-state index contributed by atoms with van der Waals surface area (Å²) >= 11 is 0. The second-order valence-electron chi connectivity index (χ2n) is 3.44. The van der Waals surface area contributed by atoms with Crippen LogP contribution in [0.15, 0.2) is 30.6 Å². The molecule has 2 rings (SSSR count). The van der Waals surface area contributed by atoms with Crippen molar-refractivity contribution in [2.75, 3.05) is 7.11 Å².